The van der Waals surface area contributed by atoms with E-state index < -0.39 is 0 Å². The molecule has 82 valence electrons. The molecule has 0 bridgehead atoms. The van der Waals surface area contributed by atoms with Crippen LogP contribution in [0.3, 0.4) is 0 Å². The van der Waals surface area contributed by atoms with Gasteiger partial charge in [-0.15, -0.1) is 0 Å². The summed E-state index contributed by atoms with van der Waals surface area (Å²) in [4.78, 5) is 11.8. The van der Waals surface area contributed by atoms with Crippen LogP contribution in [0.1, 0.15) is 34.6 Å². The third-order valence-corrected chi connectivity index (χ3v) is 4.03. The highest BCUT2D eigenvalue weighted by atomic mass is 16.2. The van der Waals surface area contributed by atoms with Crippen LogP contribution in [0.15, 0.2) is 0 Å². The molecule has 0 saturated heterocycles. The van der Waals surface area contributed by atoms with Gasteiger partial charge in [-0.2, -0.15) is 0 Å². The van der Waals surface area contributed by atoms with Crippen molar-refractivity contribution in [3.8, 4) is 0 Å². The van der Waals surface area contributed by atoms with E-state index in [1.54, 1.807) is 0 Å². The molecule has 3 heteroatoms. The van der Waals surface area contributed by atoms with E-state index in [0.717, 1.165) is 0 Å². The monoisotopic (exact) mass is 198 g/mol. The lowest BCUT2D eigenvalue weighted by molar-refractivity contribution is -0.124. The summed E-state index contributed by atoms with van der Waals surface area (Å²) in [6.45, 7) is 11.0. The van der Waals surface area contributed by atoms with Gasteiger partial charge in [-0.25, -0.2) is 0 Å². The zero-order valence-electron chi connectivity index (χ0n) is 9.85. The zero-order valence-corrected chi connectivity index (χ0v) is 9.85. The Kier molecular flexibility index (Phi) is 2.65. The molecular formula is C11H22N2O. The Hall–Kier alpha value is -0.570. The highest BCUT2D eigenvalue weighted by molar-refractivity contribution is 5.84. The largest absolute Gasteiger partial charge is 0.352 e. The Labute approximate surface area is 86.4 Å². The summed E-state index contributed by atoms with van der Waals surface area (Å²) in [7, 11) is 0. The predicted octanol–water partition coefficient (Wildman–Crippen LogP) is 1.13. The van der Waals surface area contributed by atoms with Crippen LogP contribution in [-0.4, -0.2) is 18.5 Å². The van der Waals surface area contributed by atoms with Crippen LogP contribution in [0.2, 0.25) is 0 Å². The summed E-state index contributed by atoms with van der Waals surface area (Å²) in [5, 5.41) is 2.94. The number of rotatable bonds is 3. The van der Waals surface area contributed by atoms with Gasteiger partial charge < -0.3 is 11.1 Å². The molecule has 14 heavy (non-hydrogen) atoms. The Balaban J connectivity index is 2.58. The molecule has 1 fully saturated rings. The lowest BCUT2D eigenvalue weighted by atomic mass is 10.0. The van der Waals surface area contributed by atoms with Crippen molar-refractivity contribution < 1.29 is 4.79 Å². The Morgan fingerprint density at radius 3 is 2.07 bits per heavy atom. The summed E-state index contributed by atoms with van der Waals surface area (Å²) in [5.41, 5.74) is 5.69. The third kappa shape index (κ3) is 1.54. The van der Waals surface area contributed by atoms with Crippen molar-refractivity contribution in [2.45, 2.75) is 40.7 Å². The molecule has 1 aliphatic rings. The topological polar surface area (TPSA) is 55.1 Å². The van der Waals surface area contributed by atoms with Gasteiger partial charge in [0.05, 0.1) is 0 Å². The maximum Gasteiger partial charge on any atom is 0.224 e. The van der Waals surface area contributed by atoms with Crippen LogP contribution in [-0.2, 0) is 4.79 Å². The molecule has 0 unspecified atom stereocenters. The van der Waals surface area contributed by atoms with Gasteiger partial charge in [0.25, 0.3) is 0 Å². The summed E-state index contributed by atoms with van der Waals surface area (Å²) in [6.07, 6.45) is 0. The second-order valence-electron chi connectivity index (χ2n) is 5.52. The maximum absolute atomic E-state index is 11.8. The van der Waals surface area contributed by atoms with Crippen molar-refractivity contribution in [1.82, 2.24) is 5.32 Å². The minimum Gasteiger partial charge on any atom is -0.352 e. The highest BCUT2D eigenvalue weighted by Gasteiger charge is 2.68. The first-order valence-electron chi connectivity index (χ1n) is 5.25. The minimum absolute atomic E-state index is 0.0784. The van der Waals surface area contributed by atoms with Gasteiger partial charge in [0.2, 0.25) is 5.91 Å². The first kappa shape index (κ1) is 11.5. The average Bonchev–Trinajstić information content (AvgIpc) is 2.42. The number of hydrogen-bond donors (Lipinski definition) is 2. The van der Waals surface area contributed by atoms with Gasteiger partial charge in [0.1, 0.15) is 0 Å². The van der Waals surface area contributed by atoms with Crippen LogP contribution in [0.5, 0.6) is 0 Å². The molecule has 0 aromatic carbocycles. The molecule has 0 spiro atoms. The van der Waals surface area contributed by atoms with Crippen LogP contribution >= 0.6 is 0 Å². The van der Waals surface area contributed by atoms with Crippen molar-refractivity contribution >= 4 is 5.91 Å². The van der Waals surface area contributed by atoms with Crippen molar-refractivity contribution in [3.05, 3.63) is 0 Å². The van der Waals surface area contributed by atoms with Gasteiger partial charge >= 0.3 is 0 Å². The lowest BCUT2D eigenvalue weighted by Gasteiger charge is -2.12. The van der Waals surface area contributed by atoms with E-state index >= 15 is 0 Å². The zero-order chi connectivity index (χ0) is 11.1. The van der Waals surface area contributed by atoms with Crippen molar-refractivity contribution in [1.29, 1.82) is 0 Å². The Morgan fingerprint density at radius 2 is 1.79 bits per heavy atom. The van der Waals surface area contributed by atoms with Gasteiger partial charge in [-0.1, -0.05) is 27.7 Å². The predicted molar refractivity (Wildman–Crippen MR) is 57.7 cm³/mol. The molecule has 1 amide bonds. The fraction of sp³-hybridized carbons (Fsp3) is 0.909. The Morgan fingerprint density at radius 1 is 1.36 bits per heavy atom. The molecule has 0 aliphatic heterocycles. The number of nitrogens with one attached hydrogen (secondary N) is 1. The van der Waals surface area contributed by atoms with Gasteiger partial charge in [-0.3, -0.25) is 4.79 Å². The molecular weight excluding hydrogens is 176 g/mol. The summed E-state index contributed by atoms with van der Waals surface area (Å²) in [5.74, 6) is 0.280. The fourth-order valence-corrected chi connectivity index (χ4v) is 2.24. The van der Waals surface area contributed by atoms with Gasteiger partial charge in [0, 0.05) is 18.5 Å². The number of carbonyl (C=O) groups excluding carboxylic acids is 1. The van der Waals surface area contributed by atoms with E-state index in [0.29, 0.717) is 6.54 Å². The van der Waals surface area contributed by atoms with E-state index in [1.165, 1.54) is 0 Å². The van der Waals surface area contributed by atoms with Crippen molar-refractivity contribution in [2.75, 3.05) is 6.54 Å². The highest BCUT2D eigenvalue weighted by Crippen LogP contribution is 2.68. The molecule has 0 radical (unpaired) electrons. The third-order valence-electron chi connectivity index (χ3n) is 4.03. The first-order chi connectivity index (χ1) is 6.25. The van der Waals surface area contributed by atoms with Crippen molar-refractivity contribution in [3.63, 3.8) is 0 Å². The normalized spacial score (nSPS) is 25.6. The molecule has 1 saturated carbocycles. The van der Waals surface area contributed by atoms with E-state index in [9.17, 15) is 4.79 Å². The molecule has 0 aromatic heterocycles. The number of hydrogen-bond acceptors (Lipinski definition) is 2. The first-order valence-corrected chi connectivity index (χ1v) is 5.25. The molecule has 1 rings (SSSR count). The maximum atomic E-state index is 11.8. The summed E-state index contributed by atoms with van der Waals surface area (Å²) in [6, 6.07) is 0.0784. The van der Waals surface area contributed by atoms with Crippen LogP contribution in [0.4, 0.5) is 0 Å². The van der Waals surface area contributed by atoms with Gasteiger partial charge in [-0.05, 0) is 17.8 Å². The second-order valence-corrected chi connectivity index (χ2v) is 5.52. The smallest absolute Gasteiger partial charge is 0.224 e. The van der Waals surface area contributed by atoms with E-state index in [-0.39, 0.29) is 28.7 Å². The molecule has 3 N–H and O–H groups in total. The standard InChI is InChI=1S/C11H22N2O/c1-7(6-12)13-9(14)8-10(2,3)11(8,4)5/h7-8H,6,12H2,1-5H3,(H,13,14)/t7-/m0/s1. The molecule has 1 atom stereocenters. The number of amides is 1. The number of carbonyl (C=O) groups is 1. The van der Waals surface area contributed by atoms with E-state index in [4.69, 9.17) is 5.73 Å². The summed E-state index contributed by atoms with van der Waals surface area (Å²) < 4.78 is 0. The quantitative estimate of drug-likeness (QED) is 0.714. The average molecular weight is 198 g/mol. The molecule has 3 nitrogen and oxygen atoms in total. The molecule has 0 aromatic rings. The molecule has 1 aliphatic carbocycles. The van der Waals surface area contributed by atoms with E-state index in [2.05, 4.69) is 33.0 Å². The molecule has 0 heterocycles. The Bertz CT molecular complexity index is 232. The van der Waals surface area contributed by atoms with E-state index in [1.807, 2.05) is 6.92 Å². The van der Waals surface area contributed by atoms with Crippen LogP contribution in [0.25, 0.3) is 0 Å². The second kappa shape index (κ2) is 3.23. The van der Waals surface area contributed by atoms with Crippen LogP contribution in [0, 0.1) is 16.7 Å². The lowest BCUT2D eigenvalue weighted by Crippen LogP contribution is -2.39. The van der Waals surface area contributed by atoms with Crippen LogP contribution < -0.4 is 11.1 Å². The van der Waals surface area contributed by atoms with Crippen molar-refractivity contribution in [2.24, 2.45) is 22.5 Å². The summed E-state index contributed by atoms with van der Waals surface area (Å²) >= 11 is 0. The number of nitrogens with two attached hydrogens (primary N) is 1. The SMILES string of the molecule is C[C@@H](CN)NC(=O)C1C(C)(C)C1(C)C. The minimum atomic E-state index is 0.0784. The fourth-order valence-electron chi connectivity index (χ4n) is 2.24. The van der Waals surface area contributed by atoms with Gasteiger partial charge in [0.15, 0.2) is 0 Å².